The highest BCUT2D eigenvalue weighted by Crippen LogP contribution is 2.38. The Morgan fingerprint density at radius 2 is 2.19 bits per heavy atom. The first-order chi connectivity index (χ1) is 9.66. The van der Waals surface area contributed by atoms with Crippen LogP contribution >= 0.6 is 11.5 Å². The van der Waals surface area contributed by atoms with Gasteiger partial charge in [0.15, 0.2) is 15.7 Å². The second-order valence-corrected chi connectivity index (χ2v) is 8.89. The van der Waals surface area contributed by atoms with Crippen LogP contribution < -0.4 is 10.6 Å². The Balaban J connectivity index is 2.42. The molecule has 1 aromatic heterocycles. The molecule has 8 heteroatoms. The van der Waals surface area contributed by atoms with Crippen LogP contribution in [0.5, 0.6) is 0 Å². The normalized spacial score (nSPS) is 22.5. The van der Waals surface area contributed by atoms with E-state index in [1.807, 2.05) is 32.6 Å². The summed E-state index contributed by atoms with van der Waals surface area (Å²) in [6.07, 6.45) is 0.584. The molecule has 1 fully saturated rings. The maximum absolute atomic E-state index is 12.4. The van der Waals surface area contributed by atoms with Crippen LogP contribution in [0, 0.1) is 0 Å². The van der Waals surface area contributed by atoms with Gasteiger partial charge in [0.25, 0.3) is 0 Å². The summed E-state index contributed by atoms with van der Waals surface area (Å²) in [5.74, 6) is 0.201. The second-order valence-electron chi connectivity index (χ2n) is 6.09. The van der Waals surface area contributed by atoms with E-state index >= 15 is 0 Å². The van der Waals surface area contributed by atoms with Gasteiger partial charge in [-0.25, -0.2) is 8.42 Å². The molecule has 0 aliphatic carbocycles. The van der Waals surface area contributed by atoms with Gasteiger partial charge in [-0.05, 0) is 38.7 Å². The minimum Gasteiger partial charge on any atom is -0.382 e. The number of anilines is 2. The molecule has 1 unspecified atom stereocenters. The molecule has 6 nitrogen and oxygen atoms in total. The van der Waals surface area contributed by atoms with Gasteiger partial charge in [-0.3, -0.25) is 0 Å². The number of rotatable bonds is 4. The predicted octanol–water partition coefficient (Wildman–Crippen LogP) is 1.91. The van der Waals surface area contributed by atoms with Gasteiger partial charge in [0.1, 0.15) is 9.90 Å². The molecule has 1 aliphatic rings. The molecule has 120 valence electrons. The number of morpholine rings is 1. The summed E-state index contributed by atoms with van der Waals surface area (Å²) in [5.41, 5.74) is 5.50. The van der Waals surface area contributed by atoms with E-state index in [1.54, 1.807) is 0 Å². The maximum atomic E-state index is 12.4. The van der Waals surface area contributed by atoms with Gasteiger partial charge >= 0.3 is 0 Å². The van der Waals surface area contributed by atoms with Crippen LogP contribution in [0.25, 0.3) is 0 Å². The lowest BCUT2D eigenvalue weighted by Gasteiger charge is -2.42. The van der Waals surface area contributed by atoms with Gasteiger partial charge in [-0.15, -0.1) is 0 Å². The zero-order valence-corrected chi connectivity index (χ0v) is 14.6. The van der Waals surface area contributed by atoms with Gasteiger partial charge in [0.2, 0.25) is 0 Å². The Labute approximate surface area is 130 Å². The molecule has 0 radical (unpaired) electrons. The number of aromatic nitrogens is 1. The van der Waals surface area contributed by atoms with E-state index in [-0.39, 0.29) is 28.2 Å². The Morgan fingerprint density at radius 3 is 2.76 bits per heavy atom. The quantitative estimate of drug-likeness (QED) is 0.906. The number of sulfone groups is 1. The molecular weight excluding hydrogens is 310 g/mol. The largest absolute Gasteiger partial charge is 0.382 e. The minimum atomic E-state index is -3.39. The average Bonchev–Trinajstić information content (AvgIpc) is 2.69. The minimum absolute atomic E-state index is 0.0267. The highest BCUT2D eigenvalue weighted by Gasteiger charge is 2.36. The Kier molecular flexibility index (Phi) is 4.51. The smallest absolute Gasteiger partial charge is 0.185 e. The van der Waals surface area contributed by atoms with Crippen LogP contribution in [0.2, 0.25) is 0 Å². The lowest BCUT2D eigenvalue weighted by Crippen LogP contribution is -2.52. The third kappa shape index (κ3) is 3.49. The third-order valence-electron chi connectivity index (χ3n) is 3.30. The number of ether oxygens (including phenoxy) is 1. The molecule has 0 bridgehead atoms. The van der Waals surface area contributed by atoms with Crippen LogP contribution in [0.1, 0.15) is 34.1 Å². The first-order valence-electron chi connectivity index (χ1n) is 7.07. The lowest BCUT2D eigenvalue weighted by atomic mass is 10.1. The van der Waals surface area contributed by atoms with Crippen molar-refractivity contribution < 1.29 is 13.2 Å². The summed E-state index contributed by atoms with van der Waals surface area (Å²) in [6, 6.07) is 0. The van der Waals surface area contributed by atoms with Crippen molar-refractivity contribution in [3.05, 3.63) is 0 Å². The van der Waals surface area contributed by atoms with Crippen LogP contribution in [0.3, 0.4) is 0 Å². The van der Waals surface area contributed by atoms with E-state index in [4.69, 9.17) is 10.5 Å². The van der Waals surface area contributed by atoms with E-state index in [0.717, 1.165) is 11.5 Å². The maximum Gasteiger partial charge on any atom is 0.185 e. The summed E-state index contributed by atoms with van der Waals surface area (Å²) < 4.78 is 34.8. The van der Waals surface area contributed by atoms with Crippen LogP contribution in [-0.2, 0) is 14.6 Å². The Bertz CT molecular complexity index is 610. The number of hydrogen-bond donors (Lipinski definition) is 1. The summed E-state index contributed by atoms with van der Waals surface area (Å²) in [7, 11) is -3.39. The molecule has 2 rings (SSSR count). The van der Waals surface area contributed by atoms with E-state index in [0.29, 0.717) is 24.5 Å². The van der Waals surface area contributed by atoms with E-state index in [1.165, 1.54) is 0 Å². The molecule has 0 spiro atoms. The molecule has 21 heavy (non-hydrogen) atoms. The summed E-state index contributed by atoms with van der Waals surface area (Å²) in [5, 5.41) is 0.643. The van der Waals surface area contributed by atoms with Gasteiger partial charge < -0.3 is 15.4 Å². The van der Waals surface area contributed by atoms with E-state index in [2.05, 4.69) is 4.37 Å². The van der Waals surface area contributed by atoms with Crippen molar-refractivity contribution in [2.24, 2.45) is 0 Å². The predicted molar refractivity (Wildman–Crippen MR) is 85.7 cm³/mol. The molecular formula is C13H23N3O3S2. The fraction of sp³-hybridized carbons (Fsp3) is 0.769. The second kappa shape index (κ2) is 5.73. The van der Waals surface area contributed by atoms with Gasteiger partial charge in [0.05, 0.1) is 17.5 Å². The van der Waals surface area contributed by atoms with Crippen molar-refractivity contribution in [3.63, 3.8) is 0 Å². The van der Waals surface area contributed by atoms with Crippen LogP contribution in [0.15, 0.2) is 4.90 Å². The molecule has 1 aliphatic heterocycles. The highest BCUT2D eigenvalue weighted by molar-refractivity contribution is 7.91. The fourth-order valence-electron chi connectivity index (χ4n) is 2.76. The molecule has 2 N–H and O–H groups in total. The number of nitrogen functional groups attached to an aromatic ring is 1. The molecule has 0 amide bonds. The number of nitrogens with two attached hydrogens (primary N) is 1. The first kappa shape index (κ1) is 16.5. The SMILES string of the molecule is CCCS(=O)(=O)c1c(N)nsc1N1CC(C)OC(C)(C)C1. The van der Waals surface area contributed by atoms with Crippen molar-refractivity contribution in [2.45, 2.75) is 50.7 Å². The standard InChI is InChI=1S/C13H23N3O3S2/c1-5-6-21(17,18)10-11(14)15-20-12(10)16-7-9(2)19-13(3,4)8-16/h9H,5-8H2,1-4H3,(H2,14,15). The summed E-state index contributed by atoms with van der Waals surface area (Å²) in [6.45, 7) is 9.08. The number of hydrogen-bond acceptors (Lipinski definition) is 7. The van der Waals surface area contributed by atoms with Gasteiger partial charge in [0, 0.05) is 13.1 Å². The van der Waals surface area contributed by atoms with Crippen molar-refractivity contribution in [3.8, 4) is 0 Å². The van der Waals surface area contributed by atoms with E-state index < -0.39 is 9.84 Å². The average molecular weight is 333 g/mol. The lowest BCUT2D eigenvalue weighted by molar-refractivity contribution is -0.0749. The molecule has 0 saturated carbocycles. The molecule has 1 aromatic rings. The van der Waals surface area contributed by atoms with Crippen molar-refractivity contribution in [1.82, 2.24) is 4.37 Å². The topological polar surface area (TPSA) is 85.5 Å². The summed E-state index contributed by atoms with van der Waals surface area (Å²) >= 11 is 1.15. The van der Waals surface area contributed by atoms with Crippen molar-refractivity contribution in [1.29, 1.82) is 0 Å². The fourth-order valence-corrected chi connectivity index (χ4v) is 5.53. The molecule has 1 saturated heterocycles. The van der Waals surface area contributed by atoms with Crippen LogP contribution in [0.4, 0.5) is 10.8 Å². The van der Waals surface area contributed by atoms with Crippen molar-refractivity contribution >= 4 is 32.2 Å². The molecule has 0 aromatic carbocycles. The first-order valence-corrected chi connectivity index (χ1v) is 9.49. The van der Waals surface area contributed by atoms with Crippen molar-refractivity contribution in [2.75, 3.05) is 29.5 Å². The highest BCUT2D eigenvalue weighted by atomic mass is 32.2. The monoisotopic (exact) mass is 333 g/mol. The summed E-state index contributed by atoms with van der Waals surface area (Å²) in [4.78, 5) is 2.23. The Hall–Kier alpha value is -0.860. The van der Waals surface area contributed by atoms with E-state index in [9.17, 15) is 8.42 Å². The number of nitrogens with zero attached hydrogens (tertiary/aromatic N) is 2. The molecule has 2 heterocycles. The zero-order chi connectivity index (χ0) is 15.8. The van der Waals surface area contributed by atoms with Gasteiger partial charge in [-0.1, -0.05) is 6.92 Å². The zero-order valence-electron chi connectivity index (χ0n) is 12.9. The van der Waals surface area contributed by atoms with Crippen LogP contribution in [-0.4, -0.2) is 43.3 Å². The molecule has 1 atom stereocenters. The van der Waals surface area contributed by atoms with Gasteiger partial charge in [-0.2, -0.15) is 4.37 Å². The Morgan fingerprint density at radius 1 is 1.52 bits per heavy atom. The third-order valence-corrected chi connectivity index (χ3v) is 6.32.